The maximum absolute atomic E-state index is 11.8. The molecule has 1 heterocycles. The third kappa shape index (κ3) is 3.82. The standard InChI is InChI=1S/C9H17N5OS/c1-14(5-8-11-6-12-13-8)9(15)7(10)3-4-16-2/h6-7H,3-5,10H2,1-2H3,(H,11,12,13)/t7-/m1/s1. The second kappa shape index (κ2) is 6.49. The van der Waals surface area contributed by atoms with E-state index < -0.39 is 6.04 Å². The van der Waals surface area contributed by atoms with Crippen molar-refractivity contribution in [1.29, 1.82) is 0 Å². The average molecular weight is 243 g/mol. The van der Waals surface area contributed by atoms with E-state index in [1.807, 2.05) is 6.26 Å². The number of likely N-dealkylation sites (N-methyl/N-ethyl adjacent to an activating group) is 1. The van der Waals surface area contributed by atoms with Crippen molar-refractivity contribution in [3.63, 3.8) is 0 Å². The van der Waals surface area contributed by atoms with Gasteiger partial charge in [0.2, 0.25) is 5.91 Å². The van der Waals surface area contributed by atoms with E-state index in [4.69, 9.17) is 5.73 Å². The van der Waals surface area contributed by atoms with E-state index in [-0.39, 0.29) is 5.91 Å². The highest BCUT2D eigenvalue weighted by Crippen LogP contribution is 2.03. The van der Waals surface area contributed by atoms with Gasteiger partial charge in [-0.1, -0.05) is 0 Å². The van der Waals surface area contributed by atoms with Crippen LogP contribution >= 0.6 is 11.8 Å². The molecular weight excluding hydrogens is 226 g/mol. The molecule has 0 saturated heterocycles. The van der Waals surface area contributed by atoms with Gasteiger partial charge in [0.25, 0.3) is 0 Å². The van der Waals surface area contributed by atoms with Gasteiger partial charge in [0.1, 0.15) is 12.2 Å². The molecule has 0 bridgehead atoms. The molecule has 0 saturated carbocycles. The fraction of sp³-hybridized carbons (Fsp3) is 0.667. The summed E-state index contributed by atoms with van der Waals surface area (Å²) in [6.45, 7) is 0.409. The molecule has 1 rings (SSSR count). The summed E-state index contributed by atoms with van der Waals surface area (Å²) in [4.78, 5) is 17.3. The quantitative estimate of drug-likeness (QED) is 0.725. The number of nitrogens with one attached hydrogen (secondary N) is 1. The highest BCUT2D eigenvalue weighted by Gasteiger charge is 2.18. The van der Waals surface area contributed by atoms with Crippen molar-refractivity contribution in [3.05, 3.63) is 12.2 Å². The number of aromatic amines is 1. The molecule has 3 N–H and O–H groups in total. The fourth-order valence-electron chi connectivity index (χ4n) is 1.26. The number of carbonyl (C=O) groups is 1. The van der Waals surface area contributed by atoms with E-state index in [0.29, 0.717) is 18.8 Å². The maximum atomic E-state index is 11.8. The fourth-order valence-corrected chi connectivity index (χ4v) is 1.75. The lowest BCUT2D eigenvalue weighted by molar-refractivity contribution is -0.131. The molecule has 0 fully saturated rings. The molecule has 16 heavy (non-hydrogen) atoms. The van der Waals surface area contributed by atoms with Crippen molar-refractivity contribution < 1.29 is 4.79 Å². The van der Waals surface area contributed by atoms with Crippen molar-refractivity contribution >= 4 is 17.7 Å². The summed E-state index contributed by atoms with van der Waals surface area (Å²) in [6, 6.07) is -0.430. The smallest absolute Gasteiger partial charge is 0.239 e. The van der Waals surface area contributed by atoms with Gasteiger partial charge in [0.15, 0.2) is 0 Å². The Morgan fingerprint density at radius 2 is 2.50 bits per heavy atom. The zero-order valence-electron chi connectivity index (χ0n) is 9.51. The second-order valence-corrected chi connectivity index (χ2v) is 4.50. The molecule has 0 unspecified atom stereocenters. The minimum absolute atomic E-state index is 0.0644. The van der Waals surface area contributed by atoms with Crippen LogP contribution in [0.4, 0.5) is 0 Å². The Kier molecular flexibility index (Phi) is 5.27. The Bertz CT molecular complexity index is 316. The van der Waals surface area contributed by atoms with Crippen LogP contribution in [-0.2, 0) is 11.3 Å². The second-order valence-electron chi connectivity index (χ2n) is 3.51. The third-order valence-electron chi connectivity index (χ3n) is 2.18. The van der Waals surface area contributed by atoms with Crippen LogP contribution in [0.1, 0.15) is 12.2 Å². The van der Waals surface area contributed by atoms with Crippen LogP contribution in [0.25, 0.3) is 0 Å². The zero-order chi connectivity index (χ0) is 12.0. The first-order valence-electron chi connectivity index (χ1n) is 4.99. The normalized spacial score (nSPS) is 12.4. The molecule has 1 atom stereocenters. The van der Waals surface area contributed by atoms with Gasteiger partial charge in [-0.05, 0) is 18.4 Å². The van der Waals surface area contributed by atoms with Crippen molar-refractivity contribution in [3.8, 4) is 0 Å². The molecule has 1 amide bonds. The molecule has 0 radical (unpaired) electrons. The lowest BCUT2D eigenvalue weighted by atomic mass is 10.2. The Hall–Kier alpha value is -1.08. The lowest BCUT2D eigenvalue weighted by Gasteiger charge is -2.19. The number of H-pyrrole nitrogens is 1. The zero-order valence-corrected chi connectivity index (χ0v) is 10.3. The Morgan fingerprint density at radius 1 is 1.75 bits per heavy atom. The lowest BCUT2D eigenvalue weighted by Crippen LogP contribution is -2.41. The van der Waals surface area contributed by atoms with Crippen molar-refractivity contribution in [2.24, 2.45) is 5.73 Å². The van der Waals surface area contributed by atoms with E-state index in [0.717, 1.165) is 5.75 Å². The molecule has 0 aliphatic carbocycles. The molecule has 6 nitrogen and oxygen atoms in total. The molecule has 90 valence electrons. The highest BCUT2D eigenvalue weighted by molar-refractivity contribution is 7.98. The summed E-state index contributed by atoms with van der Waals surface area (Å²) in [5.74, 6) is 1.49. The maximum Gasteiger partial charge on any atom is 0.239 e. The number of hydrogen-bond donors (Lipinski definition) is 2. The first-order chi connectivity index (χ1) is 7.65. The number of amides is 1. The van der Waals surface area contributed by atoms with Crippen LogP contribution in [0, 0.1) is 0 Å². The summed E-state index contributed by atoms with van der Waals surface area (Å²) in [5, 5.41) is 6.43. The molecule has 1 aromatic heterocycles. The molecular formula is C9H17N5OS. The average Bonchev–Trinajstić information content (AvgIpc) is 2.77. The third-order valence-corrected chi connectivity index (χ3v) is 2.82. The van der Waals surface area contributed by atoms with E-state index in [2.05, 4.69) is 15.2 Å². The van der Waals surface area contributed by atoms with E-state index in [1.165, 1.54) is 6.33 Å². The first kappa shape index (κ1) is 13.0. The number of aromatic nitrogens is 3. The van der Waals surface area contributed by atoms with Crippen molar-refractivity contribution in [2.75, 3.05) is 19.1 Å². The van der Waals surface area contributed by atoms with Crippen LogP contribution in [0.5, 0.6) is 0 Å². The van der Waals surface area contributed by atoms with Crippen molar-refractivity contribution in [2.45, 2.75) is 19.0 Å². The van der Waals surface area contributed by atoms with Gasteiger partial charge in [-0.15, -0.1) is 0 Å². The molecule has 1 aromatic rings. The molecule has 0 aliphatic heterocycles. The number of carbonyl (C=O) groups excluding carboxylic acids is 1. The number of thioether (sulfide) groups is 1. The molecule has 0 aliphatic rings. The Labute approximate surface area is 99.0 Å². The minimum Gasteiger partial charge on any atom is -0.337 e. The van der Waals surface area contributed by atoms with E-state index in [9.17, 15) is 4.79 Å². The summed E-state index contributed by atoms with van der Waals surface area (Å²) in [5.41, 5.74) is 5.78. The van der Waals surface area contributed by atoms with Gasteiger partial charge >= 0.3 is 0 Å². The monoisotopic (exact) mass is 243 g/mol. The van der Waals surface area contributed by atoms with Gasteiger partial charge in [-0.3, -0.25) is 9.89 Å². The van der Waals surface area contributed by atoms with Gasteiger partial charge < -0.3 is 10.6 Å². The number of hydrogen-bond acceptors (Lipinski definition) is 5. The van der Waals surface area contributed by atoms with E-state index >= 15 is 0 Å². The number of nitrogens with zero attached hydrogens (tertiary/aromatic N) is 3. The van der Waals surface area contributed by atoms with Crippen LogP contribution in [0.3, 0.4) is 0 Å². The van der Waals surface area contributed by atoms with Gasteiger partial charge in [0, 0.05) is 7.05 Å². The predicted molar refractivity (Wildman–Crippen MR) is 63.8 cm³/mol. The number of rotatable bonds is 6. The summed E-state index contributed by atoms with van der Waals surface area (Å²) in [7, 11) is 1.71. The predicted octanol–water partition coefficient (Wildman–Crippen LogP) is -0.156. The summed E-state index contributed by atoms with van der Waals surface area (Å²) < 4.78 is 0. The number of nitrogens with two attached hydrogens (primary N) is 1. The Morgan fingerprint density at radius 3 is 3.06 bits per heavy atom. The molecule has 7 heteroatoms. The largest absolute Gasteiger partial charge is 0.337 e. The first-order valence-corrected chi connectivity index (χ1v) is 6.38. The molecule has 0 aromatic carbocycles. The van der Waals surface area contributed by atoms with Gasteiger partial charge in [-0.2, -0.15) is 16.9 Å². The minimum atomic E-state index is -0.430. The highest BCUT2D eigenvalue weighted by atomic mass is 32.2. The summed E-state index contributed by atoms with van der Waals surface area (Å²) >= 11 is 1.69. The summed E-state index contributed by atoms with van der Waals surface area (Å²) in [6.07, 6.45) is 4.11. The molecule has 0 spiro atoms. The van der Waals surface area contributed by atoms with Crippen molar-refractivity contribution in [1.82, 2.24) is 20.1 Å². The van der Waals surface area contributed by atoms with Crippen LogP contribution in [0.2, 0.25) is 0 Å². The van der Waals surface area contributed by atoms with Gasteiger partial charge in [-0.25, -0.2) is 4.98 Å². The van der Waals surface area contributed by atoms with Crippen LogP contribution < -0.4 is 5.73 Å². The van der Waals surface area contributed by atoms with Crippen LogP contribution in [-0.4, -0.2) is 51.1 Å². The van der Waals surface area contributed by atoms with E-state index in [1.54, 1.807) is 23.7 Å². The Balaban J connectivity index is 2.41. The van der Waals surface area contributed by atoms with Crippen LogP contribution in [0.15, 0.2) is 6.33 Å². The topological polar surface area (TPSA) is 87.9 Å². The van der Waals surface area contributed by atoms with Gasteiger partial charge in [0.05, 0.1) is 12.6 Å². The SMILES string of the molecule is CSCC[C@@H](N)C(=O)N(C)Cc1ncn[nH]1.